The Morgan fingerprint density at radius 3 is 2.60 bits per heavy atom. The summed E-state index contributed by atoms with van der Waals surface area (Å²) >= 11 is 0. The highest BCUT2D eigenvalue weighted by Gasteiger charge is 2.15. The number of methoxy groups -OCH3 is 1. The van der Waals surface area contributed by atoms with E-state index in [4.69, 9.17) is 10.5 Å². The number of pyridine rings is 1. The van der Waals surface area contributed by atoms with E-state index < -0.39 is 0 Å². The van der Waals surface area contributed by atoms with Crippen LogP contribution < -0.4 is 16.0 Å². The highest BCUT2D eigenvalue weighted by molar-refractivity contribution is 5.83. The molecule has 0 bridgehead atoms. The van der Waals surface area contributed by atoms with Gasteiger partial charge in [-0.2, -0.15) is 0 Å². The molecule has 0 amide bonds. The van der Waals surface area contributed by atoms with Gasteiger partial charge in [-0.05, 0) is 32.0 Å². The Morgan fingerprint density at radius 1 is 1.12 bits per heavy atom. The van der Waals surface area contributed by atoms with E-state index in [0.717, 1.165) is 16.7 Å². The van der Waals surface area contributed by atoms with Crippen LogP contribution in [0.1, 0.15) is 19.9 Å². The lowest BCUT2D eigenvalue weighted by Crippen LogP contribution is -2.20. The van der Waals surface area contributed by atoms with Gasteiger partial charge in [0.15, 0.2) is 0 Å². The summed E-state index contributed by atoms with van der Waals surface area (Å²) in [6.45, 7) is 3.93. The first-order valence-electron chi connectivity index (χ1n) is 7.99. The van der Waals surface area contributed by atoms with Crippen LogP contribution in [0.5, 0.6) is 5.75 Å². The third-order valence-electron chi connectivity index (χ3n) is 3.97. The van der Waals surface area contributed by atoms with Crippen LogP contribution in [0, 0.1) is 0 Å². The number of hydrogen-bond donors (Lipinski definition) is 1. The fourth-order valence-electron chi connectivity index (χ4n) is 2.72. The molecule has 2 N–H and O–H groups in total. The number of nitrogens with two attached hydrogens (primary N) is 1. The number of para-hydroxylation sites is 1. The summed E-state index contributed by atoms with van der Waals surface area (Å²) in [4.78, 5) is 20.6. The minimum absolute atomic E-state index is 0.0473. The minimum Gasteiger partial charge on any atom is -0.496 e. The van der Waals surface area contributed by atoms with Gasteiger partial charge in [0.1, 0.15) is 5.75 Å². The van der Waals surface area contributed by atoms with Crippen molar-refractivity contribution < 1.29 is 4.74 Å². The number of nitrogens with zero attached hydrogens (tertiary/aromatic N) is 3. The second-order valence-corrected chi connectivity index (χ2v) is 5.95. The fourth-order valence-corrected chi connectivity index (χ4v) is 2.72. The molecule has 3 rings (SSSR count). The van der Waals surface area contributed by atoms with Crippen molar-refractivity contribution in [2.75, 3.05) is 12.8 Å². The monoisotopic (exact) mass is 336 g/mol. The fraction of sp³-hybridized carbons (Fsp3) is 0.211. The predicted octanol–water partition coefficient (Wildman–Crippen LogP) is 3.14. The summed E-state index contributed by atoms with van der Waals surface area (Å²) in [5, 5.41) is 0. The molecule has 0 saturated heterocycles. The van der Waals surface area contributed by atoms with Crippen LogP contribution in [0.2, 0.25) is 0 Å². The molecule has 6 heteroatoms. The average molecular weight is 336 g/mol. The zero-order valence-corrected chi connectivity index (χ0v) is 14.4. The van der Waals surface area contributed by atoms with Gasteiger partial charge < -0.3 is 15.0 Å². The van der Waals surface area contributed by atoms with Crippen LogP contribution in [0.4, 0.5) is 5.95 Å². The SMILES string of the molecule is COc1ccccc1-c1nc(N)ncc1-c1ccc(=O)n(C(C)C)c1. The van der Waals surface area contributed by atoms with Gasteiger partial charge >= 0.3 is 0 Å². The molecule has 0 fully saturated rings. The average Bonchev–Trinajstić information content (AvgIpc) is 2.62. The molecule has 6 nitrogen and oxygen atoms in total. The van der Waals surface area contributed by atoms with Gasteiger partial charge in [-0.25, -0.2) is 9.97 Å². The van der Waals surface area contributed by atoms with Gasteiger partial charge in [-0.1, -0.05) is 12.1 Å². The zero-order valence-electron chi connectivity index (χ0n) is 14.4. The lowest BCUT2D eigenvalue weighted by molar-refractivity contribution is 0.416. The van der Waals surface area contributed by atoms with Crippen molar-refractivity contribution in [1.82, 2.24) is 14.5 Å². The first-order chi connectivity index (χ1) is 12.0. The predicted molar refractivity (Wildman–Crippen MR) is 98.5 cm³/mol. The second-order valence-electron chi connectivity index (χ2n) is 5.95. The van der Waals surface area contributed by atoms with Crippen LogP contribution >= 0.6 is 0 Å². The van der Waals surface area contributed by atoms with Crippen molar-refractivity contribution in [1.29, 1.82) is 0 Å². The molecule has 3 aromatic rings. The van der Waals surface area contributed by atoms with Crippen molar-refractivity contribution in [3.05, 3.63) is 59.1 Å². The number of rotatable bonds is 4. The van der Waals surface area contributed by atoms with Gasteiger partial charge in [0.05, 0.1) is 12.8 Å². The number of nitrogen functional groups attached to an aromatic ring is 1. The number of ether oxygens (including phenoxy) is 1. The molecular weight excluding hydrogens is 316 g/mol. The summed E-state index contributed by atoms with van der Waals surface area (Å²) < 4.78 is 7.13. The normalized spacial score (nSPS) is 10.9. The van der Waals surface area contributed by atoms with Gasteiger partial charge in [-0.15, -0.1) is 0 Å². The van der Waals surface area contributed by atoms with Gasteiger partial charge in [0.25, 0.3) is 5.56 Å². The topological polar surface area (TPSA) is 83.0 Å². The van der Waals surface area contributed by atoms with E-state index in [2.05, 4.69) is 9.97 Å². The third-order valence-corrected chi connectivity index (χ3v) is 3.97. The van der Waals surface area contributed by atoms with E-state index in [1.54, 1.807) is 30.0 Å². The molecular formula is C19H20N4O2. The van der Waals surface area contributed by atoms with E-state index in [0.29, 0.717) is 11.4 Å². The highest BCUT2D eigenvalue weighted by atomic mass is 16.5. The first-order valence-corrected chi connectivity index (χ1v) is 7.99. The van der Waals surface area contributed by atoms with Gasteiger partial charge in [0.2, 0.25) is 5.95 Å². The number of aromatic nitrogens is 3. The Hall–Kier alpha value is -3.15. The Bertz CT molecular complexity index is 964. The molecule has 1 aromatic carbocycles. The van der Waals surface area contributed by atoms with Crippen molar-refractivity contribution in [3.63, 3.8) is 0 Å². The maximum atomic E-state index is 12.0. The number of anilines is 1. The number of benzene rings is 1. The molecule has 128 valence electrons. The van der Waals surface area contributed by atoms with Crippen LogP contribution in [-0.2, 0) is 0 Å². The molecule has 0 aliphatic heterocycles. The third kappa shape index (κ3) is 3.24. The molecule has 0 saturated carbocycles. The Morgan fingerprint density at radius 2 is 1.88 bits per heavy atom. The summed E-state index contributed by atoms with van der Waals surface area (Å²) in [7, 11) is 1.61. The van der Waals surface area contributed by atoms with Gasteiger partial charge in [0, 0.05) is 41.2 Å². The van der Waals surface area contributed by atoms with Crippen LogP contribution in [0.25, 0.3) is 22.4 Å². The lowest BCUT2D eigenvalue weighted by atomic mass is 10.0. The smallest absolute Gasteiger partial charge is 0.250 e. The molecule has 0 radical (unpaired) electrons. The van der Waals surface area contributed by atoms with E-state index in [-0.39, 0.29) is 17.5 Å². The van der Waals surface area contributed by atoms with Crippen molar-refractivity contribution in [3.8, 4) is 28.1 Å². The molecule has 25 heavy (non-hydrogen) atoms. The maximum Gasteiger partial charge on any atom is 0.250 e. The van der Waals surface area contributed by atoms with Crippen LogP contribution in [0.3, 0.4) is 0 Å². The lowest BCUT2D eigenvalue weighted by Gasteiger charge is -2.15. The van der Waals surface area contributed by atoms with Crippen molar-refractivity contribution >= 4 is 5.95 Å². The molecule has 0 aliphatic carbocycles. The molecule has 2 aromatic heterocycles. The first kappa shape index (κ1) is 16.7. The molecule has 0 atom stereocenters. The van der Waals surface area contributed by atoms with E-state index >= 15 is 0 Å². The standard InChI is InChI=1S/C19H20N4O2/c1-12(2)23-11-13(8-9-17(23)24)15-10-21-19(20)22-18(15)14-6-4-5-7-16(14)25-3/h4-12H,1-3H3,(H2,20,21,22). The highest BCUT2D eigenvalue weighted by Crippen LogP contribution is 2.35. The second kappa shape index (κ2) is 6.76. The van der Waals surface area contributed by atoms with Crippen molar-refractivity contribution in [2.24, 2.45) is 0 Å². The van der Waals surface area contributed by atoms with E-state index in [1.807, 2.05) is 44.3 Å². The number of hydrogen-bond acceptors (Lipinski definition) is 5. The largest absolute Gasteiger partial charge is 0.496 e. The maximum absolute atomic E-state index is 12.0. The summed E-state index contributed by atoms with van der Waals surface area (Å²) in [6, 6.07) is 11.0. The minimum atomic E-state index is -0.0473. The van der Waals surface area contributed by atoms with Gasteiger partial charge in [-0.3, -0.25) is 4.79 Å². The summed E-state index contributed by atoms with van der Waals surface area (Å²) in [5.41, 5.74) is 8.88. The molecule has 0 aliphatic rings. The zero-order chi connectivity index (χ0) is 18.0. The molecule has 0 unspecified atom stereocenters. The van der Waals surface area contributed by atoms with Crippen LogP contribution in [0.15, 0.2) is 53.6 Å². The summed E-state index contributed by atoms with van der Waals surface area (Å²) in [5.74, 6) is 0.876. The molecule has 0 spiro atoms. The summed E-state index contributed by atoms with van der Waals surface area (Å²) in [6.07, 6.45) is 3.50. The van der Waals surface area contributed by atoms with Crippen molar-refractivity contribution in [2.45, 2.75) is 19.9 Å². The quantitative estimate of drug-likeness (QED) is 0.791. The van der Waals surface area contributed by atoms with E-state index in [1.165, 1.54) is 0 Å². The van der Waals surface area contributed by atoms with Crippen LogP contribution in [-0.4, -0.2) is 21.6 Å². The Balaban J connectivity index is 2.25. The Kier molecular flexibility index (Phi) is 4.52. The Labute approximate surface area is 145 Å². The van der Waals surface area contributed by atoms with E-state index in [9.17, 15) is 4.79 Å². The molecule has 2 heterocycles.